The quantitative estimate of drug-likeness (QED) is 0.723. The zero-order valence-corrected chi connectivity index (χ0v) is 14.3. The van der Waals surface area contributed by atoms with Crippen molar-refractivity contribution in [2.45, 2.75) is 6.54 Å². The number of fused-ring (bicyclic) bond motifs is 2. The summed E-state index contributed by atoms with van der Waals surface area (Å²) in [5, 5.41) is 14.1. The number of nitrogens with zero attached hydrogens (tertiary/aromatic N) is 2. The average Bonchev–Trinajstić information content (AvgIpc) is 3.04. The molecule has 2 aromatic carbocycles. The highest BCUT2D eigenvalue weighted by Gasteiger charge is 2.19. The number of aromatic carboxylic acids is 1. The Labute approximate surface area is 149 Å². The molecule has 0 amide bonds. The minimum Gasteiger partial charge on any atom is -0.476 e. The molecule has 1 N–H and O–H groups in total. The van der Waals surface area contributed by atoms with Gasteiger partial charge in [-0.25, -0.2) is 9.48 Å². The largest absolute Gasteiger partial charge is 0.476 e. The van der Waals surface area contributed by atoms with Gasteiger partial charge in [-0.1, -0.05) is 34.1 Å². The monoisotopic (exact) mass is 402 g/mol. The Bertz CT molecular complexity index is 1080. The van der Waals surface area contributed by atoms with Crippen LogP contribution in [0.25, 0.3) is 10.8 Å². The molecule has 4 rings (SSSR count). The van der Waals surface area contributed by atoms with Crippen LogP contribution in [0.4, 0.5) is 0 Å². The molecule has 0 atom stereocenters. The minimum absolute atomic E-state index is 0.0984. The second kappa shape index (κ2) is 5.89. The van der Waals surface area contributed by atoms with Gasteiger partial charge in [0.25, 0.3) is 5.56 Å². The number of hydrogen-bond acceptors (Lipinski definition) is 5. The Morgan fingerprint density at radius 2 is 1.88 bits per heavy atom. The maximum atomic E-state index is 12.7. The molecule has 0 unspecified atom stereocenters. The van der Waals surface area contributed by atoms with Gasteiger partial charge in [0, 0.05) is 9.86 Å². The lowest BCUT2D eigenvalue weighted by atomic mass is 10.1. The second-order valence-corrected chi connectivity index (χ2v) is 6.31. The molecule has 1 aliphatic rings. The first kappa shape index (κ1) is 15.6. The molecule has 1 aliphatic heterocycles. The molecule has 8 heteroatoms. The van der Waals surface area contributed by atoms with Crippen molar-refractivity contribution in [1.29, 1.82) is 0 Å². The van der Waals surface area contributed by atoms with Crippen LogP contribution in [0.2, 0.25) is 0 Å². The molecule has 7 nitrogen and oxygen atoms in total. The van der Waals surface area contributed by atoms with Crippen molar-refractivity contribution in [2.75, 3.05) is 6.79 Å². The van der Waals surface area contributed by atoms with E-state index in [1.807, 2.05) is 0 Å². The van der Waals surface area contributed by atoms with Gasteiger partial charge in [-0.2, -0.15) is 5.10 Å². The molecule has 2 heterocycles. The summed E-state index contributed by atoms with van der Waals surface area (Å²) in [5.74, 6) is 0.000802. The van der Waals surface area contributed by atoms with Crippen molar-refractivity contribution in [3.05, 3.63) is 62.5 Å². The lowest BCUT2D eigenvalue weighted by molar-refractivity contribution is 0.0690. The Morgan fingerprint density at radius 3 is 2.60 bits per heavy atom. The molecule has 0 fully saturated rings. The van der Waals surface area contributed by atoms with Crippen LogP contribution in [0.5, 0.6) is 11.5 Å². The summed E-state index contributed by atoms with van der Waals surface area (Å²) >= 11 is 3.43. The van der Waals surface area contributed by atoms with Crippen LogP contribution in [-0.2, 0) is 6.54 Å². The van der Waals surface area contributed by atoms with E-state index in [0.717, 1.165) is 14.7 Å². The van der Waals surface area contributed by atoms with Gasteiger partial charge in [-0.15, -0.1) is 0 Å². The highest BCUT2D eigenvalue weighted by Crippen LogP contribution is 2.37. The predicted octanol–water partition coefficient (Wildman–Crippen LogP) is 2.63. The summed E-state index contributed by atoms with van der Waals surface area (Å²) in [6, 6.07) is 10.0. The predicted molar refractivity (Wildman–Crippen MR) is 92.3 cm³/mol. The Morgan fingerprint density at radius 1 is 1.20 bits per heavy atom. The lowest BCUT2D eigenvalue weighted by Gasteiger charge is -2.11. The third-order valence-corrected chi connectivity index (χ3v) is 4.67. The van der Waals surface area contributed by atoms with Gasteiger partial charge in [0.2, 0.25) is 6.79 Å². The third-order valence-electron chi connectivity index (χ3n) is 3.93. The first-order chi connectivity index (χ1) is 12.0. The van der Waals surface area contributed by atoms with E-state index in [9.17, 15) is 14.7 Å². The summed E-state index contributed by atoms with van der Waals surface area (Å²) in [6.07, 6.45) is 0. The number of aromatic nitrogens is 2. The SMILES string of the molecule is O=C(O)c1nn(Cc2cc3c(cc2Br)OCO3)c(=O)c2ccccc12. The van der Waals surface area contributed by atoms with Crippen LogP contribution in [0.3, 0.4) is 0 Å². The zero-order chi connectivity index (χ0) is 17.6. The van der Waals surface area contributed by atoms with Crippen LogP contribution >= 0.6 is 15.9 Å². The van der Waals surface area contributed by atoms with E-state index in [1.54, 1.807) is 36.4 Å². The number of hydrogen-bond donors (Lipinski definition) is 1. The Balaban J connectivity index is 1.87. The molecule has 0 saturated heterocycles. The van der Waals surface area contributed by atoms with Crippen LogP contribution in [0.15, 0.2) is 45.7 Å². The Kier molecular flexibility index (Phi) is 3.69. The van der Waals surface area contributed by atoms with Crippen molar-refractivity contribution in [2.24, 2.45) is 0 Å². The van der Waals surface area contributed by atoms with E-state index < -0.39 is 5.97 Å². The van der Waals surface area contributed by atoms with Crippen molar-refractivity contribution in [3.63, 3.8) is 0 Å². The molecule has 0 radical (unpaired) electrons. The number of rotatable bonds is 3. The molecule has 25 heavy (non-hydrogen) atoms. The van der Waals surface area contributed by atoms with Gasteiger partial charge in [-0.05, 0) is 23.8 Å². The van der Waals surface area contributed by atoms with Crippen molar-refractivity contribution >= 4 is 32.7 Å². The normalized spacial score (nSPS) is 12.5. The molecule has 0 saturated carbocycles. The summed E-state index contributed by atoms with van der Waals surface area (Å²) < 4.78 is 12.5. The summed E-state index contributed by atoms with van der Waals surface area (Å²) in [6.45, 7) is 0.240. The topological polar surface area (TPSA) is 90.7 Å². The van der Waals surface area contributed by atoms with Crippen molar-refractivity contribution < 1.29 is 19.4 Å². The first-order valence-corrected chi connectivity index (χ1v) is 8.15. The highest BCUT2D eigenvalue weighted by atomic mass is 79.9. The summed E-state index contributed by atoms with van der Waals surface area (Å²) in [4.78, 5) is 24.2. The molecule has 0 aliphatic carbocycles. The van der Waals surface area contributed by atoms with Crippen LogP contribution in [-0.4, -0.2) is 27.6 Å². The van der Waals surface area contributed by atoms with Gasteiger partial charge >= 0.3 is 5.97 Å². The lowest BCUT2D eigenvalue weighted by Crippen LogP contribution is -2.26. The number of ether oxygens (including phenoxy) is 2. The second-order valence-electron chi connectivity index (χ2n) is 5.46. The molecule has 0 spiro atoms. The number of carboxylic acid groups (broad SMARTS) is 1. The van der Waals surface area contributed by atoms with Gasteiger partial charge in [0.05, 0.1) is 11.9 Å². The van der Waals surface area contributed by atoms with Crippen molar-refractivity contribution in [3.8, 4) is 11.5 Å². The standard InChI is InChI=1S/C17H11BrN2O5/c18-12-6-14-13(24-8-25-14)5-9(12)7-20-16(21)11-4-2-1-3-10(11)15(19-20)17(22)23/h1-6H,7-8H2,(H,22,23). The van der Waals surface area contributed by atoms with Gasteiger partial charge in [-0.3, -0.25) is 4.79 Å². The van der Waals surface area contributed by atoms with E-state index in [4.69, 9.17) is 9.47 Å². The number of benzene rings is 2. The number of halogens is 1. The van der Waals surface area contributed by atoms with E-state index in [2.05, 4.69) is 21.0 Å². The Hall–Kier alpha value is -2.87. The van der Waals surface area contributed by atoms with Crippen LogP contribution < -0.4 is 15.0 Å². The van der Waals surface area contributed by atoms with Gasteiger partial charge in [0.15, 0.2) is 17.2 Å². The number of carbonyl (C=O) groups is 1. The summed E-state index contributed by atoms with van der Waals surface area (Å²) in [5.41, 5.74) is 0.211. The van der Waals surface area contributed by atoms with E-state index >= 15 is 0 Å². The van der Waals surface area contributed by atoms with Crippen molar-refractivity contribution in [1.82, 2.24) is 9.78 Å². The fourth-order valence-corrected chi connectivity index (χ4v) is 3.19. The third kappa shape index (κ3) is 2.64. The smallest absolute Gasteiger partial charge is 0.357 e. The molecular formula is C17H11BrN2O5. The van der Waals surface area contributed by atoms with Crippen LogP contribution in [0, 0.1) is 0 Å². The van der Waals surface area contributed by atoms with E-state index in [0.29, 0.717) is 22.3 Å². The maximum absolute atomic E-state index is 12.7. The fourth-order valence-electron chi connectivity index (χ4n) is 2.74. The minimum atomic E-state index is -1.19. The molecular weight excluding hydrogens is 392 g/mol. The van der Waals surface area contributed by atoms with E-state index in [1.165, 1.54) is 0 Å². The number of carboxylic acids is 1. The molecule has 1 aromatic heterocycles. The first-order valence-electron chi connectivity index (χ1n) is 7.36. The van der Waals surface area contributed by atoms with Crippen LogP contribution in [0.1, 0.15) is 16.1 Å². The maximum Gasteiger partial charge on any atom is 0.357 e. The van der Waals surface area contributed by atoms with Gasteiger partial charge < -0.3 is 14.6 Å². The summed E-state index contributed by atoms with van der Waals surface area (Å²) in [7, 11) is 0. The van der Waals surface area contributed by atoms with E-state index in [-0.39, 0.29) is 24.6 Å². The molecule has 126 valence electrons. The molecule has 3 aromatic rings. The highest BCUT2D eigenvalue weighted by molar-refractivity contribution is 9.10. The average molecular weight is 403 g/mol. The fraction of sp³-hybridized carbons (Fsp3) is 0.118. The van der Waals surface area contributed by atoms with Gasteiger partial charge in [0.1, 0.15) is 0 Å². The molecule has 0 bridgehead atoms. The zero-order valence-electron chi connectivity index (χ0n) is 12.7.